The number of carbonyl (C=O) groups excluding carboxylic acids is 2. The number of carbonyl (C=O) groups is 2. The van der Waals surface area contributed by atoms with Gasteiger partial charge >= 0.3 is 18.3 Å². The smallest absolute Gasteiger partial charge is 0.416 e. The third-order valence-electron chi connectivity index (χ3n) is 3.99. The number of hydrogen-bond donors (Lipinski definition) is 1. The molecule has 0 aliphatic rings. The number of esters is 1. The van der Waals surface area contributed by atoms with Gasteiger partial charge < -0.3 is 10.1 Å². The summed E-state index contributed by atoms with van der Waals surface area (Å²) in [7, 11) is 1.04. The van der Waals surface area contributed by atoms with Crippen LogP contribution in [0.4, 0.5) is 26.3 Å². The van der Waals surface area contributed by atoms with Crippen LogP contribution in [-0.2, 0) is 28.3 Å². The minimum Gasteiger partial charge on any atom is -0.467 e. The van der Waals surface area contributed by atoms with Crippen molar-refractivity contribution >= 4 is 27.8 Å². The second-order valence-electron chi connectivity index (χ2n) is 6.17. The summed E-state index contributed by atoms with van der Waals surface area (Å²) in [4.78, 5) is 24.4. The topological polar surface area (TPSA) is 55.4 Å². The molecule has 0 aliphatic heterocycles. The average Bonchev–Trinajstić information content (AvgIpc) is 2.66. The SMILES string of the molecule is COC(=O)[C@@H](Cc1ccc(Br)cc1)NC(=O)c1cc(C(F)(F)F)cc(C(F)(F)F)c1. The highest BCUT2D eigenvalue weighted by Crippen LogP contribution is 2.36. The van der Waals surface area contributed by atoms with Crippen molar-refractivity contribution in [3.05, 3.63) is 69.2 Å². The van der Waals surface area contributed by atoms with Crippen LogP contribution in [0.25, 0.3) is 0 Å². The summed E-state index contributed by atoms with van der Waals surface area (Å²) >= 11 is 3.23. The predicted molar refractivity (Wildman–Crippen MR) is 97.6 cm³/mol. The largest absolute Gasteiger partial charge is 0.467 e. The average molecular weight is 498 g/mol. The van der Waals surface area contributed by atoms with Crippen molar-refractivity contribution in [2.24, 2.45) is 0 Å². The lowest BCUT2D eigenvalue weighted by molar-refractivity contribution is -0.144. The molecule has 0 radical (unpaired) electrons. The maximum atomic E-state index is 13.0. The molecule has 0 fully saturated rings. The molecule has 0 spiro atoms. The molecule has 162 valence electrons. The number of rotatable bonds is 5. The maximum Gasteiger partial charge on any atom is 0.416 e. The molecular weight excluding hydrogens is 484 g/mol. The molecule has 4 nitrogen and oxygen atoms in total. The van der Waals surface area contributed by atoms with E-state index in [1.807, 2.05) is 0 Å². The molecule has 2 aromatic rings. The normalized spacial score (nSPS) is 12.9. The lowest BCUT2D eigenvalue weighted by Crippen LogP contribution is -2.43. The minimum absolute atomic E-state index is 0.0865. The quantitative estimate of drug-likeness (QED) is 0.467. The van der Waals surface area contributed by atoms with E-state index in [9.17, 15) is 35.9 Å². The molecular formula is C19H14BrF6NO3. The molecule has 0 saturated heterocycles. The molecule has 0 saturated carbocycles. The number of alkyl halides is 6. The number of amides is 1. The summed E-state index contributed by atoms with van der Waals surface area (Å²) < 4.78 is 83.2. The van der Waals surface area contributed by atoms with E-state index in [1.54, 1.807) is 24.3 Å². The Morgan fingerprint density at radius 3 is 1.90 bits per heavy atom. The van der Waals surface area contributed by atoms with Crippen LogP contribution in [-0.4, -0.2) is 25.0 Å². The zero-order chi connectivity index (χ0) is 22.7. The van der Waals surface area contributed by atoms with Gasteiger partial charge in [-0.2, -0.15) is 26.3 Å². The Kier molecular flexibility index (Phi) is 7.17. The van der Waals surface area contributed by atoms with Crippen LogP contribution in [0.1, 0.15) is 27.0 Å². The number of ether oxygens (including phenoxy) is 1. The van der Waals surface area contributed by atoms with E-state index in [0.717, 1.165) is 11.6 Å². The molecule has 11 heteroatoms. The number of hydrogen-bond acceptors (Lipinski definition) is 3. The van der Waals surface area contributed by atoms with E-state index in [-0.39, 0.29) is 12.5 Å². The predicted octanol–water partition coefficient (Wildman–Crippen LogP) is 5.00. The van der Waals surface area contributed by atoms with Crippen LogP contribution in [0.5, 0.6) is 0 Å². The van der Waals surface area contributed by atoms with E-state index < -0.39 is 47.0 Å². The van der Waals surface area contributed by atoms with E-state index >= 15 is 0 Å². The summed E-state index contributed by atoms with van der Waals surface area (Å²) in [6, 6.07) is 5.73. The molecule has 0 aromatic heterocycles. The van der Waals surface area contributed by atoms with E-state index in [1.165, 1.54) is 0 Å². The fourth-order valence-corrected chi connectivity index (χ4v) is 2.78. The van der Waals surface area contributed by atoms with Crippen molar-refractivity contribution in [3.63, 3.8) is 0 Å². The third kappa shape index (κ3) is 6.22. The van der Waals surface area contributed by atoms with Crippen molar-refractivity contribution in [1.82, 2.24) is 5.32 Å². The lowest BCUT2D eigenvalue weighted by atomic mass is 10.0. The summed E-state index contributed by atoms with van der Waals surface area (Å²) in [6.45, 7) is 0. The Morgan fingerprint density at radius 1 is 0.967 bits per heavy atom. The van der Waals surface area contributed by atoms with Gasteiger partial charge in [0.15, 0.2) is 0 Å². The number of benzene rings is 2. The van der Waals surface area contributed by atoms with Gasteiger partial charge in [0.2, 0.25) is 0 Å². The second kappa shape index (κ2) is 9.07. The van der Waals surface area contributed by atoms with Crippen LogP contribution in [0.2, 0.25) is 0 Å². The van der Waals surface area contributed by atoms with Gasteiger partial charge in [-0.15, -0.1) is 0 Å². The maximum absolute atomic E-state index is 13.0. The number of nitrogens with one attached hydrogen (secondary N) is 1. The first-order chi connectivity index (χ1) is 13.8. The molecule has 0 aliphatic carbocycles. The third-order valence-corrected chi connectivity index (χ3v) is 4.52. The van der Waals surface area contributed by atoms with Crippen LogP contribution >= 0.6 is 15.9 Å². The van der Waals surface area contributed by atoms with Gasteiger partial charge in [0.25, 0.3) is 5.91 Å². The second-order valence-corrected chi connectivity index (χ2v) is 7.09. The molecule has 2 rings (SSSR count). The number of halogens is 7. The monoisotopic (exact) mass is 497 g/mol. The summed E-state index contributed by atoms with van der Waals surface area (Å²) in [5.74, 6) is -2.19. The molecule has 0 heterocycles. The van der Waals surface area contributed by atoms with E-state index in [4.69, 9.17) is 0 Å². The van der Waals surface area contributed by atoms with Gasteiger partial charge in [-0.25, -0.2) is 4.79 Å². The molecule has 1 amide bonds. The molecule has 0 unspecified atom stereocenters. The fourth-order valence-electron chi connectivity index (χ4n) is 2.52. The van der Waals surface area contributed by atoms with Crippen LogP contribution < -0.4 is 5.32 Å². The molecule has 2 aromatic carbocycles. The Bertz CT molecular complexity index is 893. The Balaban J connectivity index is 2.36. The number of methoxy groups -OCH3 is 1. The van der Waals surface area contributed by atoms with Crippen LogP contribution in [0, 0.1) is 0 Å². The lowest BCUT2D eigenvalue weighted by Gasteiger charge is -2.18. The van der Waals surface area contributed by atoms with Crippen LogP contribution in [0.15, 0.2) is 46.9 Å². The zero-order valence-electron chi connectivity index (χ0n) is 15.2. The Hall–Kier alpha value is -2.56. The minimum atomic E-state index is -5.10. The molecule has 1 N–H and O–H groups in total. The first-order valence-corrected chi connectivity index (χ1v) is 9.03. The highest BCUT2D eigenvalue weighted by molar-refractivity contribution is 9.10. The Morgan fingerprint density at radius 2 is 1.47 bits per heavy atom. The fraction of sp³-hybridized carbons (Fsp3) is 0.263. The summed E-state index contributed by atoms with van der Waals surface area (Å²) in [6.07, 6.45) is -10.3. The summed E-state index contributed by atoms with van der Waals surface area (Å²) in [5.41, 5.74) is -3.58. The van der Waals surface area contributed by atoms with Crippen LogP contribution in [0.3, 0.4) is 0 Å². The van der Waals surface area contributed by atoms with Crippen molar-refractivity contribution < 1.29 is 40.7 Å². The molecule has 0 bridgehead atoms. The first kappa shape index (κ1) is 23.7. The van der Waals surface area contributed by atoms with Gasteiger partial charge in [0.1, 0.15) is 6.04 Å². The van der Waals surface area contributed by atoms with Gasteiger partial charge in [0.05, 0.1) is 18.2 Å². The first-order valence-electron chi connectivity index (χ1n) is 8.24. The standard InChI is InChI=1S/C19H14BrF6NO3/c1-30-17(29)15(6-10-2-4-14(20)5-3-10)27-16(28)11-7-12(18(21,22)23)9-13(8-11)19(24,25)26/h2-5,7-9,15H,6H2,1H3,(H,27,28)/t15-/m1/s1. The highest BCUT2D eigenvalue weighted by atomic mass is 79.9. The zero-order valence-corrected chi connectivity index (χ0v) is 16.8. The van der Waals surface area contributed by atoms with Crippen molar-refractivity contribution in [2.75, 3.05) is 7.11 Å². The van der Waals surface area contributed by atoms with Gasteiger partial charge in [-0.3, -0.25) is 4.79 Å². The summed E-state index contributed by atoms with van der Waals surface area (Å²) in [5, 5.41) is 2.14. The van der Waals surface area contributed by atoms with Gasteiger partial charge in [-0.1, -0.05) is 28.1 Å². The van der Waals surface area contributed by atoms with Gasteiger partial charge in [-0.05, 0) is 35.9 Å². The Labute approximate surface area is 175 Å². The van der Waals surface area contributed by atoms with Crippen molar-refractivity contribution in [3.8, 4) is 0 Å². The van der Waals surface area contributed by atoms with Crippen molar-refractivity contribution in [1.29, 1.82) is 0 Å². The van der Waals surface area contributed by atoms with Gasteiger partial charge in [0, 0.05) is 16.5 Å². The van der Waals surface area contributed by atoms with E-state index in [0.29, 0.717) is 17.7 Å². The molecule has 1 atom stereocenters. The van der Waals surface area contributed by atoms with E-state index in [2.05, 4.69) is 26.0 Å². The van der Waals surface area contributed by atoms with Crippen molar-refractivity contribution in [2.45, 2.75) is 24.8 Å². The highest BCUT2D eigenvalue weighted by Gasteiger charge is 2.37. The molecule has 30 heavy (non-hydrogen) atoms.